The average molecular weight is 325 g/mol. The number of aliphatic hydroxyl groups excluding tert-OH is 1. The van der Waals surface area contributed by atoms with Crippen LogP contribution in [0.25, 0.3) is 11.1 Å². The molecule has 0 radical (unpaired) electrons. The molecule has 3 aromatic rings. The summed E-state index contributed by atoms with van der Waals surface area (Å²) in [4.78, 5) is 12.1. The molecular weight excluding hydrogens is 309 g/mol. The zero-order chi connectivity index (χ0) is 16.9. The van der Waals surface area contributed by atoms with Crippen LogP contribution in [0, 0.1) is 5.82 Å². The number of hydrogen-bond donors (Lipinski definition) is 3. The molecule has 6 heteroatoms. The SMILES string of the molecule is O=C(CC(O)c1cccc(F)c1)Nc1cccc(-c2cn[nH]c2)c1. The standard InChI is InChI=1S/C18H16FN3O2/c19-15-5-1-4-13(7-15)17(23)9-18(24)22-16-6-2-3-12(8-16)14-10-20-21-11-14/h1-8,10-11,17,23H,9H2,(H,20,21)(H,22,24). The Bertz CT molecular complexity index is 834. The molecule has 0 bridgehead atoms. The van der Waals surface area contributed by atoms with E-state index in [0.29, 0.717) is 11.3 Å². The second kappa shape index (κ2) is 7.06. The van der Waals surface area contributed by atoms with Crippen molar-refractivity contribution in [1.29, 1.82) is 0 Å². The van der Waals surface area contributed by atoms with E-state index >= 15 is 0 Å². The van der Waals surface area contributed by atoms with E-state index in [0.717, 1.165) is 11.1 Å². The normalized spacial score (nSPS) is 11.9. The second-order valence-corrected chi connectivity index (χ2v) is 5.39. The zero-order valence-electron chi connectivity index (χ0n) is 12.7. The second-order valence-electron chi connectivity index (χ2n) is 5.39. The predicted octanol–water partition coefficient (Wildman–Crippen LogP) is 3.28. The van der Waals surface area contributed by atoms with Crippen molar-refractivity contribution < 1.29 is 14.3 Å². The Hall–Kier alpha value is -2.99. The molecule has 0 aliphatic heterocycles. The molecule has 122 valence electrons. The summed E-state index contributed by atoms with van der Waals surface area (Å²) in [5, 5.41) is 19.4. The van der Waals surface area contributed by atoms with Crippen LogP contribution in [0.5, 0.6) is 0 Å². The number of rotatable bonds is 5. The lowest BCUT2D eigenvalue weighted by atomic mass is 10.1. The minimum absolute atomic E-state index is 0.153. The number of benzene rings is 2. The molecule has 1 aromatic heterocycles. The van der Waals surface area contributed by atoms with Gasteiger partial charge in [-0.05, 0) is 35.4 Å². The number of H-pyrrole nitrogens is 1. The van der Waals surface area contributed by atoms with Gasteiger partial charge in [-0.2, -0.15) is 5.10 Å². The smallest absolute Gasteiger partial charge is 0.227 e. The fourth-order valence-corrected chi connectivity index (χ4v) is 2.40. The summed E-state index contributed by atoms with van der Waals surface area (Å²) in [5.41, 5.74) is 2.81. The minimum Gasteiger partial charge on any atom is -0.388 e. The topological polar surface area (TPSA) is 78.0 Å². The summed E-state index contributed by atoms with van der Waals surface area (Å²) in [6, 6.07) is 12.9. The molecule has 1 unspecified atom stereocenters. The van der Waals surface area contributed by atoms with Gasteiger partial charge in [-0.3, -0.25) is 9.89 Å². The summed E-state index contributed by atoms with van der Waals surface area (Å²) >= 11 is 0. The van der Waals surface area contributed by atoms with Crippen molar-refractivity contribution in [1.82, 2.24) is 10.2 Å². The molecule has 5 nitrogen and oxygen atoms in total. The monoisotopic (exact) mass is 325 g/mol. The van der Waals surface area contributed by atoms with Crippen molar-refractivity contribution in [3.63, 3.8) is 0 Å². The minimum atomic E-state index is -1.06. The highest BCUT2D eigenvalue weighted by Gasteiger charge is 2.14. The molecule has 0 fully saturated rings. The van der Waals surface area contributed by atoms with Gasteiger partial charge in [0.25, 0.3) is 0 Å². The molecule has 3 rings (SSSR count). The Labute approximate surface area is 138 Å². The van der Waals surface area contributed by atoms with E-state index in [-0.39, 0.29) is 12.3 Å². The van der Waals surface area contributed by atoms with Gasteiger partial charge in [0, 0.05) is 17.4 Å². The van der Waals surface area contributed by atoms with E-state index in [1.807, 2.05) is 18.2 Å². The third-order valence-corrected chi connectivity index (χ3v) is 3.59. The van der Waals surface area contributed by atoms with Gasteiger partial charge >= 0.3 is 0 Å². The lowest BCUT2D eigenvalue weighted by Gasteiger charge is -2.12. The van der Waals surface area contributed by atoms with Gasteiger partial charge in [-0.25, -0.2) is 4.39 Å². The molecule has 3 N–H and O–H groups in total. The Balaban J connectivity index is 1.66. The highest BCUT2D eigenvalue weighted by molar-refractivity contribution is 5.91. The predicted molar refractivity (Wildman–Crippen MR) is 88.6 cm³/mol. The number of aromatic amines is 1. The first-order chi connectivity index (χ1) is 11.6. The van der Waals surface area contributed by atoms with Crippen LogP contribution in [0.3, 0.4) is 0 Å². The first-order valence-electron chi connectivity index (χ1n) is 7.44. The molecule has 0 aliphatic rings. The highest BCUT2D eigenvalue weighted by Crippen LogP contribution is 2.22. The van der Waals surface area contributed by atoms with Crippen LogP contribution < -0.4 is 5.32 Å². The number of nitrogens with one attached hydrogen (secondary N) is 2. The quantitative estimate of drug-likeness (QED) is 0.673. The van der Waals surface area contributed by atoms with E-state index < -0.39 is 11.9 Å². The number of aliphatic hydroxyl groups is 1. The van der Waals surface area contributed by atoms with Crippen LogP contribution in [0.1, 0.15) is 18.1 Å². The maximum Gasteiger partial charge on any atom is 0.227 e. The summed E-state index contributed by atoms with van der Waals surface area (Å²) in [7, 11) is 0. The Morgan fingerprint density at radius 1 is 1.21 bits per heavy atom. The molecular formula is C18H16FN3O2. The third-order valence-electron chi connectivity index (χ3n) is 3.59. The molecule has 1 atom stereocenters. The van der Waals surface area contributed by atoms with Gasteiger partial charge < -0.3 is 10.4 Å². The van der Waals surface area contributed by atoms with E-state index in [1.54, 1.807) is 24.5 Å². The first kappa shape index (κ1) is 15.9. The van der Waals surface area contributed by atoms with Crippen LogP contribution in [-0.2, 0) is 4.79 Å². The third kappa shape index (κ3) is 3.85. The van der Waals surface area contributed by atoms with Crippen molar-refractivity contribution >= 4 is 11.6 Å². The fourth-order valence-electron chi connectivity index (χ4n) is 2.40. The van der Waals surface area contributed by atoms with Gasteiger partial charge in [-0.15, -0.1) is 0 Å². The number of halogens is 1. The van der Waals surface area contributed by atoms with Crippen molar-refractivity contribution in [2.45, 2.75) is 12.5 Å². The van der Waals surface area contributed by atoms with Gasteiger partial charge in [-0.1, -0.05) is 24.3 Å². The molecule has 1 heterocycles. The number of nitrogens with zero attached hydrogens (tertiary/aromatic N) is 1. The lowest BCUT2D eigenvalue weighted by molar-refractivity contribution is -0.118. The summed E-state index contributed by atoms with van der Waals surface area (Å²) in [6.07, 6.45) is 2.24. The number of carbonyl (C=O) groups is 1. The number of amides is 1. The largest absolute Gasteiger partial charge is 0.388 e. The number of carbonyl (C=O) groups excluding carboxylic acids is 1. The van der Waals surface area contributed by atoms with Crippen LogP contribution in [0.4, 0.5) is 10.1 Å². The van der Waals surface area contributed by atoms with Crippen molar-refractivity contribution in [3.05, 3.63) is 72.3 Å². The van der Waals surface area contributed by atoms with Crippen LogP contribution in [0.2, 0.25) is 0 Å². The summed E-state index contributed by atoms with van der Waals surface area (Å²) in [6.45, 7) is 0. The van der Waals surface area contributed by atoms with E-state index in [9.17, 15) is 14.3 Å². The maximum absolute atomic E-state index is 13.2. The van der Waals surface area contributed by atoms with Crippen molar-refractivity contribution in [2.75, 3.05) is 5.32 Å². The van der Waals surface area contributed by atoms with Gasteiger partial charge in [0.05, 0.1) is 18.7 Å². The van der Waals surface area contributed by atoms with Gasteiger partial charge in [0.2, 0.25) is 5.91 Å². The Morgan fingerprint density at radius 2 is 2.04 bits per heavy atom. The zero-order valence-corrected chi connectivity index (χ0v) is 12.7. The highest BCUT2D eigenvalue weighted by atomic mass is 19.1. The molecule has 0 spiro atoms. The molecule has 2 aromatic carbocycles. The van der Waals surface area contributed by atoms with E-state index in [4.69, 9.17) is 0 Å². The van der Waals surface area contributed by atoms with Crippen molar-refractivity contribution in [2.24, 2.45) is 0 Å². The number of hydrogen-bond acceptors (Lipinski definition) is 3. The lowest BCUT2D eigenvalue weighted by Crippen LogP contribution is -2.15. The van der Waals surface area contributed by atoms with E-state index in [1.165, 1.54) is 18.2 Å². The fraction of sp³-hybridized carbons (Fsp3) is 0.111. The first-order valence-corrected chi connectivity index (χ1v) is 7.44. The van der Waals surface area contributed by atoms with Crippen molar-refractivity contribution in [3.8, 4) is 11.1 Å². The average Bonchev–Trinajstić information content (AvgIpc) is 3.09. The Morgan fingerprint density at radius 3 is 2.79 bits per heavy atom. The van der Waals surface area contributed by atoms with Crippen LogP contribution in [-0.4, -0.2) is 21.2 Å². The molecule has 1 amide bonds. The number of anilines is 1. The molecule has 24 heavy (non-hydrogen) atoms. The molecule has 0 saturated heterocycles. The van der Waals surface area contributed by atoms with Crippen LogP contribution in [0.15, 0.2) is 60.9 Å². The molecule has 0 saturated carbocycles. The Kier molecular flexibility index (Phi) is 4.67. The summed E-state index contributed by atoms with van der Waals surface area (Å²) in [5.74, 6) is -0.795. The van der Waals surface area contributed by atoms with E-state index in [2.05, 4.69) is 15.5 Å². The summed E-state index contributed by atoms with van der Waals surface area (Å²) < 4.78 is 13.2. The number of aromatic nitrogens is 2. The maximum atomic E-state index is 13.2. The molecule has 0 aliphatic carbocycles. The van der Waals surface area contributed by atoms with Crippen LogP contribution >= 0.6 is 0 Å². The van der Waals surface area contributed by atoms with Gasteiger partial charge in [0.15, 0.2) is 0 Å². The van der Waals surface area contributed by atoms with Gasteiger partial charge in [0.1, 0.15) is 5.82 Å².